The second-order valence-corrected chi connectivity index (χ2v) is 8.30. The largest absolute Gasteiger partial charge is 0.385 e. The topological polar surface area (TPSA) is 49.4 Å². The third kappa shape index (κ3) is 3.55. The highest BCUT2D eigenvalue weighted by molar-refractivity contribution is 7.98. The van der Waals surface area contributed by atoms with E-state index in [1.807, 2.05) is 19.2 Å². The molecule has 0 radical (unpaired) electrons. The minimum Gasteiger partial charge on any atom is -0.385 e. The van der Waals surface area contributed by atoms with E-state index in [-0.39, 0.29) is 6.04 Å². The molecule has 21 heavy (non-hydrogen) atoms. The lowest BCUT2D eigenvalue weighted by atomic mass is 10.0. The van der Waals surface area contributed by atoms with Crippen molar-refractivity contribution in [2.24, 2.45) is 0 Å². The number of sulfonamides is 1. The summed E-state index contributed by atoms with van der Waals surface area (Å²) in [5, 5.41) is 3.30. The van der Waals surface area contributed by atoms with E-state index < -0.39 is 10.0 Å². The van der Waals surface area contributed by atoms with E-state index >= 15 is 0 Å². The number of fused-ring (bicyclic) bond motifs is 1. The number of nitrogens with one attached hydrogen (secondary N) is 1. The van der Waals surface area contributed by atoms with E-state index in [1.165, 1.54) is 9.87 Å². The minimum atomic E-state index is -3.43. The van der Waals surface area contributed by atoms with Gasteiger partial charge in [-0.15, -0.1) is 0 Å². The van der Waals surface area contributed by atoms with Crippen LogP contribution in [0.4, 0.5) is 5.69 Å². The first kappa shape index (κ1) is 16.6. The molecule has 0 bridgehead atoms. The van der Waals surface area contributed by atoms with E-state index in [0.717, 1.165) is 37.2 Å². The molecule has 1 aliphatic heterocycles. The predicted octanol–water partition coefficient (Wildman–Crippen LogP) is 2.81. The fraction of sp³-hybridized carbons (Fsp3) is 0.600. The van der Waals surface area contributed by atoms with Crippen LogP contribution in [0, 0.1) is 0 Å². The van der Waals surface area contributed by atoms with Crippen LogP contribution >= 0.6 is 11.8 Å². The van der Waals surface area contributed by atoms with Gasteiger partial charge in [-0.3, -0.25) is 0 Å². The van der Waals surface area contributed by atoms with Gasteiger partial charge in [-0.2, -0.15) is 16.1 Å². The van der Waals surface area contributed by atoms with Crippen LogP contribution in [-0.4, -0.2) is 44.4 Å². The average molecular weight is 329 g/mol. The number of hydrogen-bond acceptors (Lipinski definition) is 4. The maximum absolute atomic E-state index is 12.8. The third-order valence-corrected chi connectivity index (χ3v) is 6.67. The summed E-state index contributed by atoms with van der Waals surface area (Å²) in [6.45, 7) is 2.94. The van der Waals surface area contributed by atoms with E-state index in [2.05, 4.69) is 5.32 Å². The van der Waals surface area contributed by atoms with Crippen molar-refractivity contribution in [2.75, 3.05) is 30.9 Å². The molecule has 0 saturated heterocycles. The van der Waals surface area contributed by atoms with Crippen LogP contribution in [0.25, 0.3) is 0 Å². The molecule has 0 amide bonds. The zero-order valence-corrected chi connectivity index (χ0v) is 14.6. The monoisotopic (exact) mass is 328 g/mol. The molecule has 0 aromatic heterocycles. The Balaban J connectivity index is 2.30. The summed E-state index contributed by atoms with van der Waals surface area (Å²) in [5.74, 6) is 0.815. The van der Waals surface area contributed by atoms with Gasteiger partial charge >= 0.3 is 0 Å². The summed E-state index contributed by atoms with van der Waals surface area (Å²) in [4.78, 5) is 0.387. The van der Waals surface area contributed by atoms with Gasteiger partial charge in [-0.05, 0) is 43.2 Å². The van der Waals surface area contributed by atoms with Gasteiger partial charge in [0.15, 0.2) is 0 Å². The Bertz CT molecular complexity index is 587. The van der Waals surface area contributed by atoms with Crippen LogP contribution in [0.1, 0.15) is 25.3 Å². The van der Waals surface area contributed by atoms with Gasteiger partial charge in [0.2, 0.25) is 10.0 Å². The van der Waals surface area contributed by atoms with Gasteiger partial charge in [0, 0.05) is 31.1 Å². The molecule has 4 nitrogen and oxygen atoms in total. The molecule has 0 fully saturated rings. The first-order valence-electron chi connectivity index (χ1n) is 7.34. The van der Waals surface area contributed by atoms with Gasteiger partial charge in [0.1, 0.15) is 0 Å². The summed E-state index contributed by atoms with van der Waals surface area (Å²) >= 11 is 1.68. The zero-order chi connectivity index (χ0) is 15.5. The highest BCUT2D eigenvalue weighted by atomic mass is 32.2. The standard InChI is InChI=1S/C15H24N2O2S2/c1-4-13(11-20-3)17(2)21(18,19)14-8-7-12-6-5-9-16-15(12)10-14/h7-8,10,13,16H,4-6,9,11H2,1-3H3. The number of aryl methyl sites for hydroxylation is 1. The van der Waals surface area contributed by atoms with Gasteiger partial charge < -0.3 is 5.32 Å². The lowest BCUT2D eigenvalue weighted by Crippen LogP contribution is -2.38. The van der Waals surface area contributed by atoms with E-state index in [9.17, 15) is 8.42 Å². The van der Waals surface area contributed by atoms with Crippen molar-refractivity contribution in [1.82, 2.24) is 4.31 Å². The van der Waals surface area contributed by atoms with Crippen molar-refractivity contribution in [3.8, 4) is 0 Å². The molecule has 118 valence electrons. The van der Waals surface area contributed by atoms with Gasteiger partial charge in [0.05, 0.1) is 4.90 Å². The second-order valence-electron chi connectivity index (χ2n) is 5.39. The van der Waals surface area contributed by atoms with Crippen LogP contribution in [0.3, 0.4) is 0 Å². The molecular formula is C15H24N2O2S2. The fourth-order valence-electron chi connectivity index (χ4n) is 2.64. The number of hydrogen-bond donors (Lipinski definition) is 1. The molecule has 1 aliphatic rings. The Morgan fingerprint density at radius 3 is 2.86 bits per heavy atom. The van der Waals surface area contributed by atoms with Crippen LogP contribution in [0.5, 0.6) is 0 Å². The van der Waals surface area contributed by atoms with Crippen molar-refractivity contribution in [3.63, 3.8) is 0 Å². The van der Waals surface area contributed by atoms with Crippen LogP contribution in [0.15, 0.2) is 23.1 Å². The van der Waals surface area contributed by atoms with Crippen molar-refractivity contribution >= 4 is 27.5 Å². The van der Waals surface area contributed by atoms with Crippen molar-refractivity contribution < 1.29 is 8.42 Å². The van der Waals surface area contributed by atoms with E-state index in [4.69, 9.17) is 0 Å². The maximum Gasteiger partial charge on any atom is 0.243 e. The smallest absolute Gasteiger partial charge is 0.243 e. The van der Waals surface area contributed by atoms with Crippen molar-refractivity contribution in [1.29, 1.82) is 0 Å². The van der Waals surface area contributed by atoms with Gasteiger partial charge in [-0.1, -0.05) is 13.0 Å². The van der Waals surface area contributed by atoms with Gasteiger partial charge in [0.25, 0.3) is 0 Å². The number of nitrogens with zero attached hydrogens (tertiary/aromatic N) is 1. The zero-order valence-electron chi connectivity index (χ0n) is 12.9. The summed E-state index contributed by atoms with van der Waals surface area (Å²) in [5.41, 5.74) is 2.17. The summed E-state index contributed by atoms with van der Waals surface area (Å²) < 4.78 is 27.1. The maximum atomic E-state index is 12.8. The third-order valence-electron chi connectivity index (χ3n) is 4.04. The molecule has 1 atom stereocenters. The van der Waals surface area contributed by atoms with Crippen LogP contribution in [-0.2, 0) is 16.4 Å². The van der Waals surface area contributed by atoms with Crippen molar-refractivity contribution in [3.05, 3.63) is 23.8 Å². The Labute approximate surface area is 132 Å². The van der Waals surface area contributed by atoms with Crippen molar-refractivity contribution in [2.45, 2.75) is 37.1 Å². The summed E-state index contributed by atoms with van der Waals surface area (Å²) in [6.07, 6.45) is 4.94. The average Bonchev–Trinajstić information content (AvgIpc) is 2.51. The fourth-order valence-corrected chi connectivity index (χ4v) is 5.03. The Hall–Kier alpha value is -0.720. The Morgan fingerprint density at radius 1 is 1.43 bits per heavy atom. The van der Waals surface area contributed by atoms with Crippen LogP contribution in [0.2, 0.25) is 0 Å². The molecule has 1 aromatic rings. The molecule has 0 aliphatic carbocycles. The number of benzene rings is 1. The molecule has 0 saturated carbocycles. The molecule has 6 heteroatoms. The minimum absolute atomic E-state index is 0.0361. The highest BCUT2D eigenvalue weighted by Crippen LogP contribution is 2.27. The van der Waals surface area contributed by atoms with Crippen LogP contribution < -0.4 is 5.32 Å². The van der Waals surface area contributed by atoms with E-state index in [0.29, 0.717) is 4.90 Å². The number of rotatable bonds is 6. The Kier molecular flexibility index (Phi) is 5.57. The molecule has 0 spiro atoms. The lowest BCUT2D eigenvalue weighted by Gasteiger charge is -2.27. The highest BCUT2D eigenvalue weighted by Gasteiger charge is 2.27. The molecule has 1 unspecified atom stereocenters. The second kappa shape index (κ2) is 7.03. The Morgan fingerprint density at radius 2 is 2.19 bits per heavy atom. The number of anilines is 1. The normalized spacial score (nSPS) is 16.4. The molecule has 1 N–H and O–H groups in total. The quantitative estimate of drug-likeness (QED) is 0.872. The summed E-state index contributed by atoms with van der Waals surface area (Å²) in [7, 11) is -1.74. The first-order valence-corrected chi connectivity index (χ1v) is 10.2. The predicted molar refractivity (Wildman–Crippen MR) is 90.7 cm³/mol. The van der Waals surface area contributed by atoms with E-state index in [1.54, 1.807) is 30.9 Å². The summed E-state index contributed by atoms with van der Waals surface area (Å²) in [6, 6.07) is 5.50. The molecule has 2 rings (SSSR count). The molecule has 1 heterocycles. The first-order chi connectivity index (χ1) is 10.0. The lowest BCUT2D eigenvalue weighted by molar-refractivity contribution is 0.385. The SMILES string of the molecule is CCC(CSC)N(C)S(=O)(=O)c1ccc2c(c1)NCCC2. The molecule has 1 aromatic carbocycles. The van der Waals surface area contributed by atoms with Gasteiger partial charge in [-0.25, -0.2) is 8.42 Å². The molecular weight excluding hydrogens is 304 g/mol. The number of thioether (sulfide) groups is 1.